The fraction of sp³-hybridized carbons (Fsp3) is 0.579. The molecule has 5 nitrogen and oxygen atoms in total. The topological polar surface area (TPSA) is 61.4 Å². The molecule has 5 heteroatoms. The Morgan fingerprint density at radius 2 is 2.00 bits per heavy atom. The molecule has 0 radical (unpaired) electrons. The molecule has 1 atom stereocenters. The quantitative estimate of drug-likeness (QED) is 0.770. The third-order valence-corrected chi connectivity index (χ3v) is 4.46. The molecule has 1 fully saturated rings. The Morgan fingerprint density at radius 3 is 2.54 bits per heavy atom. The molecule has 0 spiro atoms. The molecular formula is C19H29N3O2. The minimum atomic E-state index is -0.289. The molecule has 0 saturated carbocycles. The van der Waals surface area contributed by atoms with E-state index in [1.165, 1.54) is 28.9 Å². The van der Waals surface area contributed by atoms with E-state index in [9.17, 15) is 9.59 Å². The fourth-order valence-corrected chi connectivity index (χ4v) is 3.01. The van der Waals surface area contributed by atoms with Crippen LogP contribution in [-0.2, 0) is 11.2 Å². The lowest BCUT2D eigenvalue weighted by Crippen LogP contribution is -2.41. The molecule has 132 valence electrons. The van der Waals surface area contributed by atoms with E-state index in [-0.39, 0.29) is 24.5 Å². The third kappa shape index (κ3) is 4.81. The number of benzene rings is 1. The molecule has 1 aromatic carbocycles. The Balaban J connectivity index is 1.96. The SMILES string of the molecule is CCCCc1ccc([C@@H](NCC(=O)N2CCNC2=O)C(C)C)cc1. The third-order valence-electron chi connectivity index (χ3n) is 4.46. The highest BCUT2D eigenvalue weighted by Gasteiger charge is 2.26. The van der Waals surface area contributed by atoms with Crippen molar-refractivity contribution < 1.29 is 9.59 Å². The molecule has 1 aliphatic rings. The highest BCUT2D eigenvalue weighted by atomic mass is 16.2. The van der Waals surface area contributed by atoms with Crippen LogP contribution in [-0.4, -0.2) is 36.5 Å². The lowest BCUT2D eigenvalue weighted by Gasteiger charge is -2.24. The maximum absolute atomic E-state index is 12.2. The summed E-state index contributed by atoms with van der Waals surface area (Å²) < 4.78 is 0. The van der Waals surface area contributed by atoms with Gasteiger partial charge in [-0.1, -0.05) is 51.5 Å². The molecule has 3 amide bonds. The summed E-state index contributed by atoms with van der Waals surface area (Å²) in [4.78, 5) is 25.0. The van der Waals surface area contributed by atoms with E-state index in [2.05, 4.69) is 55.7 Å². The van der Waals surface area contributed by atoms with Crippen LogP contribution in [0.25, 0.3) is 0 Å². The zero-order valence-electron chi connectivity index (χ0n) is 15.0. The lowest BCUT2D eigenvalue weighted by molar-refractivity contribution is -0.126. The van der Waals surface area contributed by atoms with Gasteiger partial charge in [0.25, 0.3) is 0 Å². The van der Waals surface area contributed by atoms with Crippen molar-refractivity contribution in [3.63, 3.8) is 0 Å². The number of carbonyl (C=O) groups excluding carboxylic acids is 2. The molecule has 24 heavy (non-hydrogen) atoms. The first-order chi connectivity index (χ1) is 11.5. The summed E-state index contributed by atoms with van der Waals surface area (Å²) in [6.45, 7) is 7.64. The molecule has 0 unspecified atom stereocenters. The standard InChI is InChI=1S/C19H29N3O2/c1-4-5-6-15-7-9-16(10-8-15)18(14(2)3)21-13-17(23)22-12-11-20-19(22)24/h7-10,14,18,21H,4-6,11-13H2,1-3H3,(H,20,24)/t18-/m0/s1. The van der Waals surface area contributed by atoms with E-state index in [1.807, 2.05) is 0 Å². The van der Waals surface area contributed by atoms with E-state index in [0.29, 0.717) is 19.0 Å². The van der Waals surface area contributed by atoms with Gasteiger partial charge in [-0.05, 0) is 29.9 Å². The molecule has 0 aromatic heterocycles. The lowest BCUT2D eigenvalue weighted by atomic mass is 9.94. The van der Waals surface area contributed by atoms with Crippen molar-refractivity contribution in [1.29, 1.82) is 0 Å². The highest BCUT2D eigenvalue weighted by molar-refractivity contribution is 5.96. The Morgan fingerprint density at radius 1 is 1.29 bits per heavy atom. The molecule has 2 rings (SSSR count). The minimum Gasteiger partial charge on any atom is -0.336 e. The highest BCUT2D eigenvalue weighted by Crippen LogP contribution is 2.22. The summed E-state index contributed by atoms with van der Waals surface area (Å²) in [6, 6.07) is 8.46. The first-order valence-corrected chi connectivity index (χ1v) is 8.93. The molecular weight excluding hydrogens is 302 g/mol. The fourth-order valence-electron chi connectivity index (χ4n) is 3.01. The van der Waals surface area contributed by atoms with Gasteiger partial charge in [-0.25, -0.2) is 4.79 Å². The number of hydrogen-bond acceptors (Lipinski definition) is 3. The van der Waals surface area contributed by atoms with Crippen LogP contribution < -0.4 is 10.6 Å². The van der Waals surface area contributed by atoms with E-state index in [1.54, 1.807) is 0 Å². The van der Waals surface area contributed by atoms with Gasteiger partial charge in [0.15, 0.2) is 0 Å². The van der Waals surface area contributed by atoms with Crippen LogP contribution >= 0.6 is 0 Å². The normalized spacial score (nSPS) is 15.7. The molecule has 2 N–H and O–H groups in total. The number of nitrogens with zero attached hydrogens (tertiary/aromatic N) is 1. The van der Waals surface area contributed by atoms with Crippen molar-refractivity contribution in [2.24, 2.45) is 5.92 Å². The molecule has 1 aromatic rings. The predicted molar refractivity (Wildman–Crippen MR) is 95.7 cm³/mol. The van der Waals surface area contributed by atoms with Crippen LogP contribution in [0.3, 0.4) is 0 Å². The molecule has 0 aliphatic carbocycles. The van der Waals surface area contributed by atoms with Crippen LogP contribution in [0.5, 0.6) is 0 Å². The number of amides is 3. The van der Waals surface area contributed by atoms with Crippen molar-refractivity contribution in [1.82, 2.24) is 15.5 Å². The number of unbranched alkanes of at least 4 members (excludes halogenated alkanes) is 1. The van der Waals surface area contributed by atoms with Gasteiger partial charge in [-0.3, -0.25) is 9.69 Å². The Hall–Kier alpha value is -1.88. The van der Waals surface area contributed by atoms with E-state index in [4.69, 9.17) is 0 Å². The first-order valence-electron chi connectivity index (χ1n) is 8.93. The smallest absolute Gasteiger partial charge is 0.324 e. The predicted octanol–water partition coefficient (Wildman–Crippen LogP) is 2.87. The first kappa shape index (κ1) is 18.5. The molecule has 0 bridgehead atoms. The van der Waals surface area contributed by atoms with Crippen LogP contribution in [0.2, 0.25) is 0 Å². The Labute approximate surface area is 144 Å². The summed E-state index contributed by atoms with van der Waals surface area (Å²) >= 11 is 0. The monoisotopic (exact) mass is 331 g/mol. The van der Waals surface area contributed by atoms with Crippen LogP contribution in [0, 0.1) is 5.92 Å². The second-order valence-electron chi connectivity index (χ2n) is 6.73. The second-order valence-corrected chi connectivity index (χ2v) is 6.73. The average molecular weight is 331 g/mol. The summed E-state index contributed by atoms with van der Waals surface area (Å²) in [6.07, 6.45) is 3.51. The summed E-state index contributed by atoms with van der Waals surface area (Å²) in [7, 11) is 0. The van der Waals surface area contributed by atoms with Crippen molar-refractivity contribution in [3.05, 3.63) is 35.4 Å². The zero-order chi connectivity index (χ0) is 17.5. The summed E-state index contributed by atoms with van der Waals surface area (Å²) in [5.74, 6) is 0.182. The molecule has 1 heterocycles. The maximum atomic E-state index is 12.2. The summed E-state index contributed by atoms with van der Waals surface area (Å²) in [5.41, 5.74) is 2.54. The van der Waals surface area contributed by atoms with Crippen LogP contribution in [0.4, 0.5) is 4.79 Å². The van der Waals surface area contributed by atoms with Gasteiger partial charge >= 0.3 is 6.03 Å². The Kier molecular flexibility index (Phi) is 6.79. The van der Waals surface area contributed by atoms with Gasteiger partial charge in [0.1, 0.15) is 0 Å². The second kappa shape index (κ2) is 8.83. The largest absolute Gasteiger partial charge is 0.336 e. The van der Waals surface area contributed by atoms with Gasteiger partial charge in [0.05, 0.1) is 6.54 Å². The Bertz CT molecular complexity index is 554. The van der Waals surface area contributed by atoms with E-state index in [0.717, 1.165) is 6.42 Å². The number of imide groups is 1. The van der Waals surface area contributed by atoms with Gasteiger partial charge in [0, 0.05) is 19.1 Å². The van der Waals surface area contributed by atoms with E-state index >= 15 is 0 Å². The number of carbonyl (C=O) groups is 2. The average Bonchev–Trinajstić information content (AvgIpc) is 3.00. The van der Waals surface area contributed by atoms with Gasteiger partial charge in [-0.15, -0.1) is 0 Å². The van der Waals surface area contributed by atoms with Gasteiger partial charge in [-0.2, -0.15) is 0 Å². The number of aryl methyl sites for hydroxylation is 1. The van der Waals surface area contributed by atoms with Gasteiger partial charge < -0.3 is 10.6 Å². The number of rotatable bonds is 8. The molecule has 1 aliphatic heterocycles. The van der Waals surface area contributed by atoms with Crippen molar-refractivity contribution in [3.8, 4) is 0 Å². The minimum absolute atomic E-state index is 0.0971. The van der Waals surface area contributed by atoms with Crippen molar-refractivity contribution >= 4 is 11.9 Å². The van der Waals surface area contributed by atoms with Crippen LogP contribution in [0.15, 0.2) is 24.3 Å². The number of nitrogens with one attached hydrogen (secondary N) is 2. The maximum Gasteiger partial charge on any atom is 0.324 e. The van der Waals surface area contributed by atoms with Crippen molar-refractivity contribution in [2.45, 2.75) is 46.1 Å². The van der Waals surface area contributed by atoms with Gasteiger partial charge in [0.2, 0.25) is 5.91 Å². The zero-order valence-corrected chi connectivity index (χ0v) is 15.0. The van der Waals surface area contributed by atoms with E-state index < -0.39 is 0 Å². The van der Waals surface area contributed by atoms with Crippen LogP contribution in [0.1, 0.15) is 50.8 Å². The van der Waals surface area contributed by atoms with Crippen molar-refractivity contribution in [2.75, 3.05) is 19.6 Å². The molecule has 1 saturated heterocycles. The number of urea groups is 1. The number of hydrogen-bond donors (Lipinski definition) is 2. The summed E-state index contributed by atoms with van der Waals surface area (Å²) in [5, 5.41) is 5.98.